The summed E-state index contributed by atoms with van der Waals surface area (Å²) in [5.41, 5.74) is 5.67. The molecule has 35 heavy (non-hydrogen) atoms. The molecule has 3 aliphatic carbocycles. The zero-order valence-electron chi connectivity index (χ0n) is 24.0. The number of allylic oxidation sites excluding steroid dienone is 3. The van der Waals surface area contributed by atoms with Crippen molar-refractivity contribution in [2.24, 2.45) is 40.9 Å². The zero-order valence-corrected chi connectivity index (χ0v) is 24.0. The lowest BCUT2D eigenvalue weighted by molar-refractivity contribution is -0.0733. The number of rotatable bonds is 3. The number of hydrogen-bond donors (Lipinski definition) is 0. The molecular formula is C32H54N2O. The Balaban J connectivity index is 1.40. The standard InChI is InChI=1S/C32H54N2O/c1-21-12-13-32(5)25(16-21)9-11-27-26-10-8-23(3)31-30(35-20-24(4)28(26)18-29(27)32)17-22(2)19-34(31)15-14-33(6)7/h9,21-23,26-27,29-31H,8,10-20H2,1-7H3/b28-24-/t21-,22-,23-,26-,27-,29-,30+,31-,32-/m0/s1. The predicted octanol–water partition coefficient (Wildman–Crippen LogP) is 6.80. The summed E-state index contributed by atoms with van der Waals surface area (Å²) in [5, 5.41) is 0. The van der Waals surface area contributed by atoms with E-state index in [1.807, 2.05) is 11.1 Å². The quantitative estimate of drug-likeness (QED) is 0.411. The first-order chi connectivity index (χ1) is 16.7. The van der Waals surface area contributed by atoms with Gasteiger partial charge in [-0.3, -0.25) is 4.90 Å². The molecule has 3 fully saturated rings. The largest absolute Gasteiger partial charge is 0.372 e. The molecule has 0 aromatic rings. The van der Waals surface area contributed by atoms with Gasteiger partial charge in [-0.1, -0.05) is 44.9 Å². The molecule has 3 nitrogen and oxygen atoms in total. The average Bonchev–Trinajstić information content (AvgIpc) is 3.19. The molecule has 5 rings (SSSR count). The van der Waals surface area contributed by atoms with Crippen LogP contribution < -0.4 is 0 Å². The second kappa shape index (κ2) is 10.3. The minimum absolute atomic E-state index is 0.386. The van der Waals surface area contributed by atoms with E-state index >= 15 is 0 Å². The third-order valence-electron chi connectivity index (χ3n) is 11.2. The minimum atomic E-state index is 0.386. The van der Waals surface area contributed by atoms with Crippen molar-refractivity contribution in [3.63, 3.8) is 0 Å². The summed E-state index contributed by atoms with van der Waals surface area (Å²) in [6.07, 6.45) is 13.9. The van der Waals surface area contributed by atoms with Crippen LogP contribution in [-0.4, -0.2) is 62.3 Å². The Labute approximate surface area is 216 Å². The van der Waals surface area contributed by atoms with Crippen LogP contribution in [0.15, 0.2) is 22.8 Å². The molecule has 2 saturated carbocycles. The third-order valence-corrected chi connectivity index (χ3v) is 11.2. The second-order valence-corrected chi connectivity index (χ2v) is 14.2. The van der Waals surface area contributed by atoms with E-state index in [4.69, 9.17) is 4.74 Å². The Hall–Kier alpha value is -0.640. The zero-order chi connectivity index (χ0) is 24.9. The highest BCUT2D eigenvalue weighted by Gasteiger charge is 2.53. The van der Waals surface area contributed by atoms with Gasteiger partial charge in [-0.05, 0) is 119 Å². The fraction of sp³-hybridized carbons (Fsp3) is 0.875. The van der Waals surface area contributed by atoms with Gasteiger partial charge in [0.15, 0.2) is 0 Å². The van der Waals surface area contributed by atoms with Crippen molar-refractivity contribution < 1.29 is 4.74 Å². The van der Waals surface area contributed by atoms with Crippen molar-refractivity contribution in [1.82, 2.24) is 9.80 Å². The molecule has 2 aliphatic heterocycles. The number of likely N-dealkylation sites (N-methyl/N-ethyl adjacent to an activating group) is 1. The number of ether oxygens (including phenoxy) is 1. The van der Waals surface area contributed by atoms with Gasteiger partial charge < -0.3 is 9.64 Å². The molecule has 0 aromatic carbocycles. The molecule has 0 bridgehead atoms. The van der Waals surface area contributed by atoms with Crippen molar-refractivity contribution in [2.75, 3.05) is 40.3 Å². The van der Waals surface area contributed by atoms with Crippen LogP contribution in [0.3, 0.4) is 0 Å². The van der Waals surface area contributed by atoms with Gasteiger partial charge in [-0.25, -0.2) is 0 Å². The minimum Gasteiger partial charge on any atom is -0.372 e. The van der Waals surface area contributed by atoms with Crippen molar-refractivity contribution >= 4 is 0 Å². The van der Waals surface area contributed by atoms with Crippen molar-refractivity contribution in [1.29, 1.82) is 0 Å². The first-order valence-corrected chi connectivity index (χ1v) is 15.1. The molecule has 0 N–H and O–H groups in total. The van der Waals surface area contributed by atoms with Gasteiger partial charge >= 0.3 is 0 Å². The lowest BCUT2D eigenvalue weighted by Gasteiger charge is -2.49. The van der Waals surface area contributed by atoms with Crippen LogP contribution in [0.4, 0.5) is 0 Å². The Morgan fingerprint density at radius 2 is 1.89 bits per heavy atom. The molecule has 2 heterocycles. The molecule has 9 atom stereocenters. The molecule has 0 unspecified atom stereocenters. The van der Waals surface area contributed by atoms with E-state index in [-0.39, 0.29) is 0 Å². The van der Waals surface area contributed by atoms with E-state index in [0.717, 1.165) is 42.7 Å². The Bertz CT molecular complexity index is 829. The van der Waals surface area contributed by atoms with Crippen LogP contribution in [0.25, 0.3) is 0 Å². The van der Waals surface area contributed by atoms with Gasteiger partial charge in [0.2, 0.25) is 0 Å². The van der Waals surface area contributed by atoms with E-state index in [0.29, 0.717) is 23.5 Å². The first-order valence-electron chi connectivity index (χ1n) is 15.1. The van der Waals surface area contributed by atoms with Gasteiger partial charge in [0.05, 0.1) is 12.7 Å². The van der Waals surface area contributed by atoms with E-state index < -0.39 is 0 Å². The van der Waals surface area contributed by atoms with Crippen LogP contribution in [0.5, 0.6) is 0 Å². The van der Waals surface area contributed by atoms with Crippen LogP contribution >= 0.6 is 0 Å². The van der Waals surface area contributed by atoms with Crippen LogP contribution in [-0.2, 0) is 4.74 Å². The monoisotopic (exact) mass is 482 g/mol. The maximum Gasteiger partial charge on any atom is 0.0740 e. The average molecular weight is 483 g/mol. The molecule has 1 saturated heterocycles. The normalized spacial score (nSPS) is 46.9. The summed E-state index contributed by atoms with van der Waals surface area (Å²) in [6.45, 7) is 16.9. The summed E-state index contributed by atoms with van der Waals surface area (Å²) in [4.78, 5) is 5.15. The topological polar surface area (TPSA) is 15.7 Å². The molecule has 0 spiro atoms. The summed E-state index contributed by atoms with van der Waals surface area (Å²) in [7, 11) is 4.42. The highest BCUT2D eigenvalue weighted by molar-refractivity contribution is 5.32. The molecule has 198 valence electrons. The molecule has 0 amide bonds. The number of piperidine rings is 1. The molecule has 0 radical (unpaired) electrons. The molecule has 3 heteroatoms. The van der Waals surface area contributed by atoms with Crippen LogP contribution in [0.1, 0.15) is 86.0 Å². The summed E-state index contributed by atoms with van der Waals surface area (Å²) in [5.74, 6) is 4.82. The highest BCUT2D eigenvalue weighted by Crippen LogP contribution is 2.62. The maximum absolute atomic E-state index is 6.89. The number of fused-ring (bicyclic) bond motifs is 6. The molecular weight excluding hydrogens is 428 g/mol. The van der Waals surface area contributed by atoms with Crippen molar-refractivity contribution in [2.45, 2.75) is 98.1 Å². The van der Waals surface area contributed by atoms with Crippen LogP contribution in [0.2, 0.25) is 0 Å². The molecule has 5 aliphatic rings. The van der Waals surface area contributed by atoms with E-state index in [2.05, 4.69) is 64.6 Å². The Kier molecular flexibility index (Phi) is 7.62. The SMILES string of the molecule is C/C1=C2\C[C@H]3[C@@H](CC=C4C[C@@H](C)CC[C@@]43C)[C@@H]2CC[C@H](C)[C@H]2[C@@H](C[C@H](C)CN2CCN(C)C)OC1. The number of hydrogen-bond acceptors (Lipinski definition) is 3. The smallest absolute Gasteiger partial charge is 0.0740 e. The van der Waals surface area contributed by atoms with Crippen molar-refractivity contribution in [3.8, 4) is 0 Å². The first kappa shape index (κ1) is 26.0. The van der Waals surface area contributed by atoms with Gasteiger partial charge in [0.25, 0.3) is 0 Å². The van der Waals surface area contributed by atoms with Crippen molar-refractivity contribution in [3.05, 3.63) is 22.8 Å². The second-order valence-electron chi connectivity index (χ2n) is 14.2. The van der Waals surface area contributed by atoms with Gasteiger partial charge in [0.1, 0.15) is 0 Å². The lowest BCUT2D eigenvalue weighted by Crippen LogP contribution is -2.56. The fourth-order valence-corrected chi connectivity index (χ4v) is 9.19. The van der Waals surface area contributed by atoms with E-state index in [1.54, 1.807) is 5.57 Å². The molecule has 0 aromatic heterocycles. The third kappa shape index (κ3) is 4.96. The number of nitrogens with zero attached hydrogens (tertiary/aromatic N) is 2. The van der Waals surface area contributed by atoms with Gasteiger partial charge in [-0.2, -0.15) is 0 Å². The van der Waals surface area contributed by atoms with Gasteiger partial charge in [-0.15, -0.1) is 0 Å². The van der Waals surface area contributed by atoms with Gasteiger partial charge in [0, 0.05) is 25.7 Å². The van der Waals surface area contributed by atoms with Crippen LogP contribution in [0, 0.1) is 40.9 Å². The fourth-order valence-electron chi connectivity index (χ4n) is 9.19. The lowest BCUT2D eigenvalue weighted by atomic mass is 9.56. The van der Waals surface area contributed by atoms with E-state index in [9.17, 15) is 0 Å². The Morgan fingerprint density at radius 1 is 1.09 bits per heavy atom. The number of likely N-dealkylation sites (tertiary alicyclic amines) is 1. The summed E-state index contributed by atoms with van der Waals surface area (Å²) in [6, 6.07) is 0.577. The summed E-state index contributed by atoms with van der Waals surface area (Å²) < 4.78 is 6.89. The highest BCUT2D eigenvalue weighted by atomic mass is 16.5. The van der Waals surface area contributed by atoms with E-state index in [1.165, 1.54) is 64.5 Å². The maximum atomic E-state index is 6.89. The Morgan fingerprint density at radius 3 is 2.66 bits per heavy atom. The summed E-state index contributed by atoms with van der Waals surface area (Å²) >= 11 is 0. The predicted molar refractivity (Wildman–Crippen MR) is 147 cm³/mol.